The summed E-state index contributed by atoms with van der Waals surface area (Å²) in [6.07, 6.45) is 5.48. The fraction of sp³-hybridized carbons (Fsp3) is 0.455. The van der Waals surface area contributed by atoms with E-state index in [1.54, 1.807) is 12.5 Å². The Hall–Kier alpha value is -1.20. The summed E-state index contributed by atoms with van der Waals surface area (Å²) in [5, 5.41) is 9.59. The van der Waals surface area contributed by atoms with Crippen molar-refractivity contribution in [1.82, 2.24) is 14.9 Å². The molecule has 0 spiro atoms. The van der Waals surface area contributed by atoms with Crippen LogP contribution in [0, 0.1) is 0 Å². The van der Waals surface area contributed by atoms with E-state index >= 15 is 0 Å². The van der Waals surface area contributed by atoms with E-state index in [0.29, 0.717) is 0 Å². The summed E-state index contributed by atoms with van der Waals surface area (Å²) in [5.74, 6) is 0. The highest BCUT2D eigenvalue weighted by Crippen LogP contribution is 2.17. The average molecular weight is 237 g/mol. The van der Waals surface area contributed by atoms with Gasteiger partial charge in [-0.3, -0.25) is 0 Å². The highest BCUT2D eigenvalue weighted by molar-refractivity contribution is 7.03. The van der Waals surface area contributed by atoms with Crippen LogP contribution in [0.2, 0.25) is 0 Å². The monoisotopic (exact) mass is 237 g/mol. The zero-order valence-electron chi connectivity index (χ0n) is 9.22. The summed E-state index contributed by atoms with van der Waals surface area (Å²) in [6, 6.07) is 2.22. The van der Waals surface area contributed by atoms with Gasteiger partial charge in [0.25, 0.3) is 0 Å². The van der Waals surface area contributed by atoms with Gasteiger partial charge < -0.3 is 9.73 Å². The largest absolute Gasteiger partial charge is 0.472 e. The predicted octanol–water partition coefficient (Wildman–Crippen LogP) is 2.41. The second-order valence-corrected chi connectivity index (χ2v) is 4.28. The molecule has 0 bridgehead atoms. The van der Waals surface area contributed by atoms with E-state index < -0.39 is 0 Å². The van der Waals surface area contributed by atoms with E-state index in [4.69, 9.17) is 4.42 Å². The smallest absolute Gasteiger partial charge is 0.0935 e. The molecule has 1 unspecified atom stereocenters. The zero-order valence-corrected chi connectivity index (χ0v) is 10.0. The minimum absolute atomic E-state index is 0.233. The first-order valence-corrected chi connectivity index (χ1v) is 6.25. The third kappa shape index (κ3) is 2.90. The lowest BCUT2D eigenvalue weighted by atomic mass is 10.1. The SMILES string of the molecule is CCCNC(Cc1ccoc1)c1csnn1. The normalized spacial score (nSPS) is 12.8. The molecule has 0 fully saturated rings. The second kappa shape index (κ2) is 5.77. The second-order valence-electron chi connectivity index (χ2n) is 3.67. The van der Waals surface area contributed by atoms with Crippen LogP contribution in [0.1, 0.15) is 30.6 Å². The Morgan fingerprint density at radius 3 is 3.12 bits per heavy atom. The summed E-state index contributed by atoms with van der Waals surface area (Å²) < 4.78 is 8.98. The quantitative estimate of drug-likeness (QED) is 0.838. The fourth-order valence-electron chi connectivity index (χ4n) is 1.57. The molecule has 2 rings (SSSR count). The molecule has 0 saturated heterocycles. The minimum atomic E-state index is 0.233. The third-order valence-corrected chi connectivity index (χ3v) is 2.92. The number of rotatable bonds is 6. The van der Waals surface area contributed by atoms with Crippen LogP contribution in [-0.4, -0.2) is 16.1 Å². The van der Waals surface area contributed by atoms with Gasteiger partial charge in [0.1, 0.15) is 0 Å². The van der Waals surface area contributed by atoms with Gasteiger partial charge in [0, 0.05) is 5.38 Å². The number of hydrogen-bond acceptors (Lipinski definition) is 5. The maximum atomic E-state index is 5.08. The van der Waals surface area contributed by atoms with Gasteiger partial charge in [0.2, 0.25) is 0 Å². The van der Waals surface area contributed by atoms with E-state index in [1.807, 2.05) is 11.4 Å². The standard InChI is InChI=1S/C11H15N3OS/c1-2-4-12-10(11-8-16-14-13-11)6-9-3-5-15-7-9/h3,5,7-8,10,12H,2,4,6H2,1H3. The highest BCUT2D eigenvalue weighted by Gasteiger charge is 2.14. The van der Waals surface area contributed by atoms with Crippen LogP contribution in [0.4, 0.5) is 0 Å². The number of aromatic nitrogens is 2. The Balaban J connectivity index is 2.03. The molecule has 86 valence electrons. The van der Waals surface area contributed by atoms with Crippen molar-refractivity contribution in [2.75, 3.05) is 6.54 Å². The number of furan rings is 1. The van der Waals surface area contributed by atoms with Gasteiger partial charge in [-0.15, -0.1) is 5.10 Å². The Morgan fingerprint density at radius 1 is 1.56 bits per heavy atom. The highest BCUT2D eigenvalue weighted by atomic mass is 32.1. The lowest BCUT2D eigenvalue weighted by Gasteiger charge is -2.14. The molecule has 0 aliphatic rings. The van der Waals surface area contributed by atoms with Gasteiger partial charge in [-0.2, -0.15) is 0 Å². The van der Waals surface area contributed by atoms with Crippen molar-refractivity contribution in [2.24, 2.45) is 0 Å². The van der Waals surface area contributed by atoms with Crippen LogP contribution in [-0.2, 0) is 6.42 Å². The van der Waals surface area contributed by atoms with E-state index in [1.165, 1.54) is 17.1 Å². The Morgan fingerprint density at radius 2 is 2.50 bits per heavy atom. The molecular formula is C11H15N3OS. The summed E-state index contributed by atoms with van der Waals surface area (Å²) in [7, 11) is 0. The first-order valence-electron chi connectivity index (χ1n) is 5.41. The van der Waals surface area contributed by atoms with Crippen molar-refractivity contribution in [3.63, 3.8) is 0 Å². The van der Waals surface area contributed by atoms with Crippen molar-refractivity contribution >= 4 is 11.5 Å². The molecule has 0 aliphatic carbocycles. The molecule has 2 aromatic rings. The molecular weight excluding hydrogens is 222 g/mol. The van der Waals surface area contributed by atoms with Gasteiger partial charge in [-0.05, 0) is 42.5 Å². The Bertz CT molecular complexity index is 385. The molecule has 0 aromatic carbocycles. The Kier molecular flexibility index (Phi) is 4.07. The lowest BCUT2D eigenvalue weighted by molar-refractivity contribution is 0.510. The molecule has 5 heteroatoms. The molecule has 1 N–H and O–H groups in total. The molecule has 2 heterocycles. The molecule has 16 heavy (non-hydrogen) atoms. The summed E-state index contributed by atoms with van der Waals surface area (Å²) in [6.45, 7) is 3.14. The molecule has 4 nitrogen and oxygen atoms in total. The molecule has 0 saturated carbocycles. The topological polar surface area (TPSA) is 51.0 Å². The predicted molar refractivity (Wildman–Crippen MR) is 63.4 cm³/mol. The van der Waals surface area contributed by atoms with Crippen LogP contribution in [0.25, 0.3) is 0 Å². The average Bonchev–Trinajstić information content (AvgIpc) is 2.96. The minimum Gasteiger partial charge on any atom is -0.472 e. The van der Waals surface area contributed by atoms with Crippen molar-refractivity contribution in [1.29, 1.82) is 0 Å². The van der Waals surface area contributed by atoms with Crippen LogP contribution in [0.3, 0.4) is 0 Å². The van der Waals surface area contributed by atoms with E-state index in [2.05, 4.69) is 21.8 Å². The van der Waals surface area contributed by atoms with Crippen molar-refractivity contribution < 1.29 is 4.42 Å². The number of nitrogens with zero attached hydrogens (tertiary/aromatic N) is 2. The van der Waals surface area contributed by atoms with Gasteiger partial charge in [-0.25, -0.2) is 0 Å². The molecule has 2 aromatic heterocycles. The molecule has 0 aliphatic heterocycles. The van der Waals surface area contributed by atoms with Gasteiger partial charge in [-0.1, -0.05) is 11.4 Å². The van der Waals surface area contributed by atoms with Crippen molar-refractivity contribution in [2.45, 2.75) is 25.8 Å². The van der Waals surface area contributed by atoms with Crippen LogP contribution in [0.5, 0.6) is 0 Å². The van der Waals surface area contributed by atoms with Gasteiger partial charge >= 0.3 is 0 Å². The summed E-state index contributed by atoms with van der Waals surface area (Å²) in [5.41, 5.74) is 2.20. The van der Waals surface area contributed by atoms with Gasteiger partial charge in [0.15, 0.2) is 0 Å². The van der Waals surface area contributed by atoms with Crippen molar-refractivity contribution in [3.05, 3.63) is 35.2 Å². The fourth-order valence-corrected chi connectivity index (χ4v) is 2.08. The molecule has 0 radical (unpaired) electrons. The summed E-state index contributed by atoms with van der Waals surface area (Å²) in [4.78, 5) is 0. The molecule has 1 atom stereocenters. The number of nitrogens with one attached hydrogen (secondary N) is 1. The van der Waals surface area contributed by atoms with E-state index in [9.17, 15) is 0 Å². The van der Waals surface area contributed by atoms with E-state index in [0.717, 1.165) is 25.1 Å². The lowest BCUT2D eigenvalue weighted by Crippen LogP contribution is -2.24. The maximum Gasteiger partial charge on any atom is 0.0935 e. The van der Waals surface area contributed by atoms with Gasteiger partial charge in [0.05, 0.1) is 24.3 Å². The third-order valence-electron chi connectivity index (χ3n) is 2.39. The zero-order chi connectivity index (χ0) is 11.2. The van der Waals surface area contributed by atoms with Crippen LogP contribution >= 0.6 is 11.5 Å². The summed E-state index contributed by atoms with van der Waals surface area (Å²) >= 11 is 1.39. The first kappa shape index (κ1) is 11.3. The maximum absolute atomic E-state index is 5.08. The number of hydrogen-bond donors (Lipinski definition) is 1. The van der Waals surface area contributed by atoms with E-state index in [-0.39, 0.29) is 6.04 Å². The Labute approximate surface area is 98.8 Å². The van der Waals surface area contributed by atoms with Crippen LogP contribution in [0.15, 0.2) is 28.4 Å². The van der Waals surface area contributed by atoms with Crippen molar-refractivity contribution in [3.8, 4) is 0 Å². The first-order chi connectivity index (χ1) is 7.90. The van der Waals surface area contributed by atoms with Crippen LogP contribution < -0.4 is 5.32 Å². The molecule has 0 amide bonds.